The standard InChI is InChI=1S/C27H31N5O3S/c33-26(18-12-13-20(21(17-18)32(34)35)30-14-6-2-7-15-30)29-25-24-19-9-4-5-10-22(19)36-27(24)28-23-11-3-1-8-16-31(23)25/h12-13,17H,1-11,14-16H2. The molecule has 1 amide bonds. The summed E-state index contributed by atoms with van der Waals surface area (Å²) in [6.07, 6.45) is 11.7. The number of hydrogen-bond acceptors (Lipinski definition) is 6. The minimum Gasteiger partial charge on any atom is -0.366 e. The molecule has 4 heterocycles. The van der Waals surface area contributed by atoms with E-state index in [2.05, 4.69) is 14.5 Å². The number of thiophene rings is 1. The number of benzene rings is 1. The molecule has 6 rings (SSSR count). The molecule has 1 fully saturated rings. The second-order valence-corrected chi connectivity index (χ2v) is 11.2. The molecule has 1 aromatic carbocycles. The van der Waals surface area contributed by atoms with Crippen LogP contribution in [0, 0.1) is 10.1 Å². The molecule has 0 unspecified atom stereocenters. The summed E-state index contributed by atoms with van der Waals surface area (Å²) in [7, 11) is 0. The van der Waals surface area contributed by atoms with Crippen LogP contribution < -0.4 is 10.4 Å². The van der Waals surface area contributed by atoms with Gasteiger partial charge in [-0.2, -0.15) is 4.99 Å². The number of hydrogen-bond donors (Lipinski definition) is 0. The maximum atomic E-state index is 13.5. The summed E-state index contributed by atoms with van der Waals surface area (Å²) in [6.45, 7) is 2.40. The van der Waals surface area contributed by atoms with E-state index in [9.17, 15) is 14.9 Å². The summed E-state index contributed by atoms with van der Waals surface area (Å²) < 4.78 is 2.14. The third-order valence-electron chi connectivity index (χ3n) is 7.78. The summed E-state index contributed by atoms with van der Waals surface area (Å²) in [5.74, 6) is 0.571. The van der Waals surface area contributed by atoms with Gasteiger partial charge < -0.3 is 9.47 Å². The molecule has 0 bridgehead atoms. The van der Waals surface area contributed by atoms with Crippen LogP contribution in [0.15, 0.2) is 23.2 Å². The lowest BCUT2D eigenvalue weighted by Gasteiger charge is -2.28. The second kappa shape index (κ2) is 9.76. The minimum absolute atomic E-state index is 0.0165. The highest BCUT2D eigenvalue weighted by atomic mass is 32.1. The first-order valence-electron chi connectivity index (χ1n) is 13.3. The van der Waals surface area contributed by atoms with Crippen molar-refractivity contribution in [2.24, 2.45) is 4.99 Å². The molecule has 9 heteroatoms. The van der Waals surface area contributed by atoms with E-state index >= 15 is 0 Å². The van der Waals surface area contributed by atoms with Crippen molar-refractivity contribution < 1.29 is 9.72 Å². The molecule has 36 heavy (non-hydrogen) atoms. The van der Waals surface area contributed by atoms with Gasteiger partial charge in [0, 0.05) is 42.6 Å². The van der Waals surface area contributed by atoms with E-state index in [0.29, 0.717) is 11.2 Å². The van der Waals surface area contributed by atoms with Gasteiger partial charge >= 0.3 is 0 Å². The number of carbonyl (C=O) groups excluding carboxylic acids is 1. The molecule has 0 atom stereocenters. The maximum absolute atomic E-state index is 13.5. The Kier molecular flexibility index (Phi) is 6.33. The van der Waals surface area contributed by atoms with Crippen molar-refractivity contribution >= 4 is 38.8 Å². The first-order chi connectivity index (χ1) is 17.6. The molecule has 3 aromatic rings. The zero-order valence-corrected chi connectivity index (χ0v) is 21.3. The zero-order chi connectivity index (χ0) is 24.6. The summed E-state index contributed by atoms with van der Waals surface area (Å²) in [6, 6.07) is 4.85. The number of nitro groups is 1. The molecule has 1 aliphatic carbocycles. The van der Waals surface area contributed by atoms with Gasteiger partial charge in [0.05, 0.1) is 10.3 Å². The van der Waals surface area contributed by atoms with E-state index in [0.717, 1.165) is 99.9 Å². The molecule has 0 N–H and O–H groups in total. The van der Waals surface area contributed by atoms with Crippen molar-refractivity contribution in [1.82, 2.24) is 9.55 Å². The van der Waals surface area contributed by atoms with Gasteiger partial charge in [0.2, 0.25) is 0 Å². The fourth-order valence-corrected chi connectivity index (χ4v) is 7.21. The van der Waals surface area contributed by atoms with Gasteiger partial charge in [-0.05, 0) is 75.5 Å². The minimum atomic E-state index is -0.425. The summed E-state index contributed by atoms with van der Waals surface area (Å²) >= 11 is 1.75. The molecule has 188 valence electrons. The molecule has 0 spiro atoms. The van der Waals surface area contributed by atoms with Gasteiger partial charge in [-0.25, -0.2) is 4.98 Å². The molecule has 3 aliphatic rings. The molecular formula is C27H31N5O3S. The van der Waals surface area contributed by atoms with Crippen molar-refractivity contribution in [1.29, 1.82) is 0 Å². The quantitative estimate of drug-likeness (QED) is 0.354. The Morgan fingerprint density at radius 2 is 1.72 bits per heavy atom. The fraction of sp³-hybridized carbons (Fsp3) is 0.519. The van der Waals surface area contributed by atoms with Crippen LogP contribution in [0.2, 0.25) is 0 Å². The SMILES string of the molecule is O=C(N=c1c2c3c(sc2nc2n1CCCCC2)CCCC3)c1ccc(N2CCCCC2)c([N+](=O)[O-])c1. The summed E-state index contributed by atoms with van der Waals surface area (Å²) in [5.41, 5.74) is 2.84. The van der Waals surface area contributed by atoms with Crippen LogP contribution in [-0.4, -0.2) is 33.5 Å². The van der Waals surface area contributed by atoms with Crippen LogP contribution in [0.3, 0.4) is 0 Å². The van der Waals surface area contributed by atoms with E-state index in [-0.39, 0.29) is 16.2 Å². The number of fused-ring (bicyclic) bond motifs is 4. The highest BCUT2D eigenvalue weighted by Crippen LogP contribution is 2.35. The number of amides is 1. The van der Waals surface area contributed by atoms with Gasteiger partial charge in [-0.15, -0.1) is 11.3 Å². The van der Waals surface area contributed by atoms with E-state index in [1.54, 1.807) is 23.5 Å². The molecule has 2 aromatic heterocycles. The third kappa shape index (κ3) is 4.23. The van der Waals surface area contributed by atoms with Crippen molar-refractivity contribution in [2.45, 2.75) is 77.2 Å². The van der Waals surface area contributed by atoms with Crippen LogP contribution in [-0.2, 0) is 25.8 Å². The summed E-state index contributed by atoms with van der Waals surface area (Å²) in [4.78, 5) is 39.3. The Bertz CT molecular complexity index is 1420. The van der Waals surface area contributed by atoms with E-state index in [1.165, 1.54) is 22.9 Å². The maximum Gasteiger partial charge on any atom is 0.293 e. The number of anilines is 1. The topological polar surface area (TPSA) is 93.6 Å². The predicted octanol–water partition coefficient (Wildman–Crippen LogP) is 5.34. The van der Waals surface area contributed by atoms with Crippen molar-refractivity contribution in [3.05, 3.63) is 55.6 Å². The first-order valence-corrected chi connectivity index (χ1v) is 14.1. The van der Waals surface area contributed by atoms with Gasteiger partial charge in [0.25, 0.3) is 11.6 Å². The monoisotopic (exact) mass is 505 g/mol. The predicted molar refractivity (Wildman–Crippen MR) is 141 cm³/mol. The van der Waals surface area contributed by atoms with Gasteiger partial charge in [-0.1, -0.05) is 6.42 Å². The number of nitro benzene ring substituents is 1. The number of rotatable bonds is 3. The van der Waals surface area contributed by atoms with E-state index < -0.39 is 5.91 Å². The van der Waals surface area contributed by atoms with Crippen LogP contribution in [0.1, 0.15) is 78.0 Å². The Hall–Kier alpha value is -3.07. The average Bonchev–Trinajstić information content (AvgIpc) is 3.10. The molecule has 8 nitrogen and oxygen atoms in total. The van der Waals surface area contributed by atoms with Gasteiger partial charge in [0.1, 0.15) is 21.8 Å². The third-order valence-corrected chi connectivity index (χ3v) is 8.97. The Morgan fingerprint density at radius 3 is 2.56 bits per heavy atom. The van der Waals surface area contributed by atoms with Crippen molar-refractivity contribution in [3.63, 3.8) is 0 Å². The molecule has 0 saturated carbocycles. The highest BCUT2D eigenvalue weighted by Gasteiger charge is 2.25. The fourth-order valence-electron chi connectivity index (χ4n) is 5.93. The van der Waals surface area contributed by atoms with E-state index in [1.807, 2.05) is 0 Å². The molecule has 1 saturated heterocycles. The van der Waals surface area contributed by atoms with Crippen molar-refractivity contribution in [2.75, 3.05) is 18.0 Å². The zero-order valence-electron chi connectivity index (χ0n) is 20.5. The Balaban J connectivity index is 1.49. The van der Waals surface area contributed by atoms with Gasteiger partial charge in [0.15, 0.2) is 0 Å². The number of aryl methyl sites for hydroxylation is 3. The molecular weight excluding hydrogens is 474 g/mol. The van der Waals surface area contributed by atoms with Crippen LogP contribution in [0.5, 0.6) is 0 Å². The first kappa shape index (κ1) is 23.3. The normalized spacial score (nSPS) is 18.6. The smallest absolute Gasteiger partial charge is 0.293 e. The highest BCUT2D eigenvalue weighted by molar-refractivity contribution is 7.18. The lowest BCUT2D eigenvalue weighted by molar-refractivity contribution is -0.384. The average molecular weight is 506 g/mol. The largest absolute Gasteiger partial charge is 0.366 e. The molecule has 0 radical (unpaired) electrons. The Labute approximate surface area is 213 Å². The lowest BCUT2D eigenvalue weighted by Crippen LogP contribution is -2.30. The molecule has 2 aliphatic heterocycles. The Morgan fingerprint density at radius 1 is 0.972 bits per heavy atom. The van der Waals surface area contributed by atoms with Crippen molar-refractivity contribution in [3.8, 4) is 0 Å². The van der Waals surface area contributed by atoms with E-state index in [4.69, 9.17) is 4.98 Å². The second-order valence-electron chi connectivity index (χ2n) is 10.1. The van der Waals surface area contributed by atoms with Crippen LogP contribution >= 0.6 is 11.3 Å². The number of carbonyl (C=O) groups is 1. The number of nitrogens with zero attached hydrogens (tertiary/aromatic N) is 5. The van der Waals surface area contributed by atoms with Crippen LogP contribution in [0.4, 0.5) is 11.4 Å². The summed E-state index contributed by atoms with van der Waals surface area (Å²) in [5, 5.41) is 13.0. The number of aromatic nitrogens is 2. The van der Waals surface area contributed by atoms with Gasteiger partial charge in [-0.3, -0.25) is 14.9 Å². The number of piperidine rings is 1. The van der Waals surface area contributed by atoms with Crippen LogP contribution in [0.25, 0.3) is 10.2 Å². The lowest BCUT2D eigenvalue weighted by atomic mass is 9.97.